The predicted molar refractivity (Wildman–Crippen MR) is 50.8 cm³/mol. The predicted octanol–water partition coefficient (Wildman–Crippen LogP) is 1.46. The molecular formula is C8H11N3O4. The van der Waals surface area contributed by atoms with Gasteiger partial charge < -0.3 is 5.11 Å². The highest BCUT2D eigenvalue weighted by Crippen LogP contribution is 2.22. The van der Waals surface area contributed by atoms with Crippen LogP contribution in [0.2, 0.25) is 0 Å². The minimum atomic E-state index is -1.33. The molecule has 1 atom stereocenters. The summed E-state index contributed by atoms with van der Waals surface area (Å²) in [7, 11) is 0. The molecule has 1 aromatic heterocycles. The number of carboxylic acid groups (broad SMARTS) is 1. The highest BCUT2D eigenvalue weighted by atomic mass is 16.6. The van der Waals surface area contributed by atoms with Crippen molar-refractivity contribution in [2.75, 3.05) is 0 Å². The molecule has 1 heterocycles. The summed E-state index contributed by atoms with van der Waals surface area (Å²) in [5, 5.41) is 23.1. The van der Waals surface area contributed by atoms with Crippen LogP contribution in [0.15, 0.2) is 6.20 Å². The normalized spacial score (nSPS) is 12.4. The van der Waals surface area contributed by atoms with Gasteiger partial charge in [-0.1, -0.05) is 6.92 Å². The van der Waals surface area contributed by atoms with E-state index in [-0.39, 0.29) is 11.7 Å². The van der Waals surface area contributed by atoms with E-state index in [9.17, 15) is 14.9 Å². The first-order valence-corrected chi connectivity index (χ1v) is 4.44. The molecule has 0 amide bonds. The van der Waals surface area contributed by atoms with E-state index >= 15 is 0 Å². The van der Waals surface area contributed by atoms with Crippen LogP contribution in [0, 0.1) is 10.1 Å². The summed E-state index contributed by atoms with van der Waals surface area (Å²) in [4.78, 5) is 20.7. The van der Waals surface area contributed by atoms with Crippen LogP contribution < -0.4 is 0 Å². The molecule has 0 unspecified atom stereocenters. The molecule has 1 rings (SSSR count). The molecule has 82 valence electrons. The third-order valence-electron chi connectivity index (χ3n) is 2.18. The molecule has 1 N–H and O–H groups in total. The number of carboxylic acids is 1. The number of hydrogen-bond acceptors (Lipinski definition) is 4. The molecule has 7 heteroatoms. The minimum Gasteiger partial charge on any atom is -0.476 e. The highest BCUT2D eigenvalue weighted by molar-refractivity contribution is 5.90. The third-order valence-corrected chi connectivity index (χ3v) is 2.18. The van der Waals surface area contributed by atoms with Crippen LogP contribution in [0.4, 0.5) is 5.69 Å². The van der Waals surface area contributed by atoms with Gasteiger partial charge in [0.2, 0.25) is 5.69 Å². The van der Waals surface area contributed by atoms with Gasteiger partial charge in [-0.2, -0.15) is 5.10 Å². The summed E-state index contributed by atoms with van der Waals surface area (Å²) < 4.78 is 1.17. The van der Waals surface area contributed by atoms with Gasteiger partial charge in [-0.25, -0.2) is 9.48 Å². The number of carbonyl (C=O) groups is 1. The highest BCUT2D eigenvalue weighted by Gasteiger charge is 2.27. The van der Waals surface area contributed by atoms with Crippen LogP contribution in [0.25, 0.3) is 0 Å². The van der Waals surface area contributed by atoms with Crippen molar-refractivity contribution in [3.8, 4) is 0 Å². The van der Waals surface area contributed by atoms with Crippen molar-refractivity contribution in [2.24, 2.45) is 0 Å². The molecule has 0 aliphatic heterocycles. The Hall–Kier alpha value is -1.92. The van der Waals surface area contributed by atoms with Gasteiger partial charge in [-0.05, 0) is 13.3 Å². The smallest absolute Gasteiger partial charge is 0.361 e. The molecule has 0 spiro atoms. The Morgan fingerprint density at radius 1 is 1.80 bits per heavy atom. The van der Waals surface area contributed by atoms with Crippen molar-refractivity contribution in [3.63, 3.8) is 0 Å². The molecular weight excluding hydrogens is 202 g/mol. The lowest BCUT2D eigenvalue weighted by Gasteiger charge is -2.10. The van der Waals surface area contributed by atoms with Crippen molar-refractivity contribution in [3.05, 3.63) is 22.0 Å². The lowest BCUT2D eigenvalue weighted by Crippen LogP contribution is -2.14. The van der Waals surface area contributed by atoms with Crippen molar-refractivity contribution < 1.29 is 14.8 Å². The number of nitro groups is 1. The lowest BCUT2D eigenvalue weighted by atomic mass is 10.2. The van der Waals surface area contributed by atoms with Crippen molar-refractivity contribution in [1.29, 1.82) is 0 Å². The van der Waals surface area contributed by atoms with E-state index in [2.05, 4.69) is 5.10 Å². The van der Waals surface area contributed by atoms with Gasteiger partial charge in [0.05, 0.1) is 11.0 Å². The molecule has 7 nitrogen and oxygen atoms in total. The maximum atomic E-state index is 10.9. The van der Waals surface area contributed by atoms with E-state index in [1.807, 2.05) is 6.92 Å². The monoisotopic (exact) mass is 213 g/mol. The second kappa shape index (κ2) is 4.07. The first kappa shape index (κ1) is 11.2. The molecule has 0 bridgehead atoms. The Bertz CT molecular complexity index is 399. The fourth-order valence-electron chi connectivity index (χ4n) is 1.20. The van der Waals surface area contributed by atoms with E-state index in [0.29, 0.717) is 6.42 Å². The van der Waals surface area contributed by atoms with Crippen LogP contribution in [0.1, 0.15) is 36.8 Å². The van der Waals surface area contributed by atoms with Crippen LogP contribution in [-0.4, -0.2) is 25.8 Å². The van der Waals surface area contributed by atoms with E-state index < -0.39 is 16.6 Å². The number of aromatic nitrogens is 2. The first-order valence-electron chi connectivity index (χ1n) is 4.44. The quantitative estimate of drug-likeness (QED) is 0.603. The largest absolute Gasteiger partial charge is 0.476 e. The summed E-state index contributed by atoms with van der Waals surface area (Å²) >= 11 is 0. The molecule has 0 aromatic carbocycles. The van der Waals surface area contributed by atoms with Gasteiger partial charge in [0, 0.05) is 0 Å². The van der Waals surface area contributed by atoms with E-state index in [0.717, 1.165) is 6.20 Å². The van der Waals surface area contributed by atoms with E-state index in [1.165, 1.54) is 4.68 Å². The summed E-state index contributed by atoms with van der Waals surface area (Å²) in [5.74, 6) is -1.33. The van der Waals surface area contributed by atoms with Crippen LogP contribution in [0.5, 0.6) is 0 Å². The number of hydrogen-bond donors (Lipinski definition) is 1. The summed E-state index contributed by atoms with van der Waals surface area (Å²) in [6, 6.07) is -0.176. The second-order valence-electron chi connectivity index (χ2n) is 3.14. The second-order valence-corrected chi connectivity index (χ2v) is 3.14. The fourth-order valence-corrected chi connectivity index (χ4v) is 1.20. The first-order chi connectivity index (χ1) is 6.99. The number of aromatic carboxylic acids is 1. The molecule has 0 fully saturated rings. The van der Waals surface area contributed by atoms with E-state index in [4.69, 9.17) is 5.11 Å². The summed E-state index contributed by atoms with van der Waals surface area (Å²) in [6.07, 6.45) is 1.62. The van der Waals surface area contributed by atoms with Gasteiger partial charge in [-0.3, -0.25) is 10.1 Å². The Balaban J connectivity index is 3.30. The van der Waals surface area contributed by atoms with Gasteiger partial charge in [0.25, 0.3) is 0 Å². The standard InChI is InChI=1S/C8H11N3O4/c1-3-5(2)10-7(8(12)13)6(4-9-10)11(14)15/h4-5H,3H2,1-2H3,(H,12,13)/t5-/m1/s1. The van der Waals surface area contributed by atoms with Crippen LogP contribution in [0.3, 0.4) is 0 Å². The van der Waals surface area contributed by atoms with Crippen molar-refractivity contribution in [2.45, 2.75) is 26.3 Å². The Labute approximate surface area is 85.5 Å². The third kappa shape index (κ3) is 1.95. The SMILES string of the molecule is CC[C@@H](C)n1ncc([N+](=O)[O-])c1C(=O)O. The Kier molecular flexibility index (Phi) is 3.03. The summed E-state index contributed by atoms with van der Waals surface area (Å²) in [6.45, 7) is 3.60. The zero-order valence-corrected chi connectivity index (χ0v) is 8.38. The van der Waals surface area contributed by atoms with Gasteiger partial charge >= 0.3 is 11.7 Å². The fraction of sp³-hybridized carbons (Fsp3) is 0.500. The molecule has 15 heavy (non-hydrogen) atoms. The Morgan fingerprint density at radius 3 is 2.80 bits per heavy atom. The van der Waals surface area contributed by atoms with Gasteiger partial charge in [0.1, 0.15) is 6.20 Å². The van der Waals surface area contributed by atoms with Gasteiger partial charge in [-0.15, -0.1) is 0 Å². The zero-order valence-electron chi connectivity index (χ0n) is 8.38. The molecule has 0 aliphatic rings. The number of rotatable bonds is 4. The van der Waals surface area contributed by atoms with E-state index in [1.54, 1.807) is 6.92 Å². The van der Waals surface area contributed by atoms with Crippen LogP contribution >= 0.6 is 0 Å². The van der Waals surface area contributed by atoms with Crippen LogP contribution in [-0.2, 0) is 0 Å². The topological polar surface area (TPSA) is 98.3 Å². The molecule has 0 radical (unpaired) electrons. The van der Waals surface area contributed by atoms with Crippen molar-refractivity contribution in [1.82, 2.24) is 9.78 Å². The maximum Gasteiger partial charge on any atom is 0.361 e. The number of nitrogens with zero attached hydrogens (tertiary/aromatic N) is 3. The average Bonchev–Trinajstić information content (AvgIpc) is 2.60. The van der Waals surface area contributed by atoms with Crippen molar-refractivity contribution >= 4 is 11.7 Å². The average molecular weight is 213 g/mol. The lowest BCUT2D eigenvalue weighted by molar-refractivity contribution is -0.385. The minimum absolute atomic E-state index is 0.176. The molecule has 1 aromatic rings. The molecule has 0 saturated heterocycles. The van der Waals surface area contributed by atoms with Gasteiger partial charge in [0.15, 0.2) is 0 Å². The zero-order chi connectivity index (χ0) is 11.6. The maximum absolute atomic E-state index is 10.9. The molecule has 0 saturated carbocycles. The summed E-state index contributed by atoms with van der Waals surface area (Å²) in [5.41, 5.74) is -0.836. The Morgan fingerprint density at radius 2 is 2.40 bits per heavy atom. The molecule has 0 aliphatic carbocycles.